The SMILES string of the molecule is CCCCCCCCCCCCC/C=C\[C@@H](O)[C@H](COP(=O)(O)OCC[N+](C)(C)C)NC(=O)CCCCCCCCCCCC. The molecule has 0 saturated carbocycles. The largest absolute Gasteiger partial charge is 0.472 e. The highest BCUT2D eigenvalue weighted by atomic mass is 31.2. The molecule has 0 saturated heterocycles. The number of phosphoric acid groups is 1. The average Bonchev–Trinajstić information content (AvgIpc) is 2.97. The van der Waals surface area contributed by atoms with Crippen LogP contribution in [0.15, 0.2) is 12.2 Å². The molecule has 3 atom stereocenters. The highest BCUT2D eigenvalue weighted by Gasteiger charge is 2.27. The first-order chi connectivity index (χ1) is 21.5. The smallest absolute Gasteiger partial charge is 0.387 e. The van der Waals surface area contributed by atoms with Crippen molar-refractivity contribution in [1.29, 1.82) is 0 Å². The Bertz CT molecular complexity index is 758. The number of amides is 1. The number of hydrogen-bond donors (Lipinski definition) is 3. The molecular formula is C36H74N2O6P+. The summed E-state index contributed by atoms with van der Waals surface area (Å²) in [4.78, 5) is 22.9. The van der Waals surface area contributed by atoms with Crippen molar-refractivity contribution >= 4 is 13.7 Å². The van der Waals surface area contributed by atoms with Gasteiger partial charge in [-0.2, -0.15) is 0 Å². The second-order valence-electron chi connectivity index (χ2n) is 14.0. The predicted octanol–water partition coefficient (Wildman–Crippen LogP) is 9.24. The van der Waals surface area contributed by atoms with Crippen LogP contribution in [0.4, 0.5) is 0 Å². The Balaban J connectivity index is 4.56. The fourth-order valence-electron chi connectivity index (χ4n) is 5.22. The summed E-state index contributed by atoms with van der Waals surface area (Å²) in [6.07, 6.45) is 29.8. The zero-order valence-corrected chi connectivity index (χ0v) is 31.0. The predicted molar refractivity (Wildman–Crippen MR) is 189 cm³/mol. The van der Waals surface area contributed by atoms with Crippen LogP contribution in [0, 0.1) is 0 Å². The Morgan fingerprint density at radius 3 is 1.64 bits per heavy atom. The average molecular weight is 662 g/mol. The van der Waals surface area contributed by atoms with E-state index in [0.29, 0.717) is 17.4 Å². The zero-order valence-electron chi connectivity index (χ0n) is 30.1. The van der Waals surface area contributed by atoms with Gasteiger partial charge in [-0.3, -0.25) is 13.8 Å². The topological polar surface area (TPSA) is 105 Å². The zero-order chi connectivity index (χ0) is 33.7. The quantitative estimate of drug-likeness (QED) is 0.0280. The number of carbonyl (C=O) groups is 1. The maximum atomic E-state index is 12.7. The van der Waals surface area contributed by atoms with Crippen LogP contribution in [0.1, 0.15) is 162 Å². The van der Waals surface area contributed by atoms with Gasteiger partial charge in [-0.25, -0.2) is 4.57 Å². The number of allylic oxidation sites excluding steroid dienone is 1. The molecule has 0 aliphatic rings. The van der Waals surface area contributed by atoms with E-state index in [1.165, 1.54) is 103 Å². The van der Waals surface area contributed by atoms with E-state index in [1.807, 2.05) is 27.2 Å². The van der Waals surface area contributed by atoms with Crippen molar-refractivity contribution < 1.29 is 32.9 Å². The second kappa shape index (κ2) is 29.4. The summed E-state index contributed by atoms with van der Waals surface area (Å²) in [6.45, 7) is 4.77. The number of likely N-dealkylation sites (N-methyl/N-ethyl adjacent to an activating group) is 1. The molecule has 0 radical (unpaired) electrons. The van der Waals surface area contributed by atoms with Gasteiger partial charge in [0.05, 0.1) is 39.9 Å². The van der Waals surface area contributed by atoms with Crippen molar-refractivity contribution in [2.24, 2.45) is 0 Å². The summed E-state index contributed by atoms with van der Waals surface area (Å²) in [7, 11) is 1.57. The van der Waals surface area contributed by atoms with Crippen LogP contribution >= 0.6 is 7.82 Å². The highest BCUT2D eigenvalue weighted by molar-refractivity contribution is 7.47. The molecule has 268 valence electrons. The van der Waals surface area contributed by atoms with Gasteiger partial charge in [-0.15, -0.1) is 0 Å². The normalized spacial score (nSPS) is 14.9. The van der Waals surface area contributed by atoms with Gasteiger partial charge >= 0.3 is 7.82 Å². The van der Waals surface area contributed by atoms with E-state index < -0.39 is 20.0 Å². The minimum absolute atomic E-state index is 0.0639. The Morgan fingerprint density at radius 1 is 0.733 bits per heavy atom. The third-order valence-electron chi connectivity index (χ3n) is 8.26. The maximum absolute atomic E-state index is 12.7. The summed E-state index contributed by atoms with van der Waals surface area (Å²) >= 11 is 0. The van der Waals surface area contributed by atoms with Gasteiger partial charge in [0.1, 0.15) is 13.2 Å². The molecule has 9 heteroatoms. The van der Waals surface area contributed by atoms with Crippen LogP contribution in [0.25, 0.3) is 0 Å². The molecule has 1 unspecified atom stereocenters. The molecular weight excluding hydrogens is 587 g/mol. The lowest BCUT2D eigenvalue weighted by Gasteiger charge is -2.25. The van der Waals surface area contributed by atoms with Crippen LogP contribution in [-0.2, 0) is 18.4 Å². The number of phosphoric ester groups is 1. The number of nitrogens with one attached hydrogen (secondary N) is 1. The van der Waals surface area contributed by atoms with Gasteiger partial charge in [-0.05, 0) is 19.3 Å². The number of hydrogen-bond acceptors (Lipinski definition) is 5. The molecule has 0 aromatic carbocycles. The molecule has 3 N–H and O–H groups in total. The van der Waals surface area contributed by atoms with Crippen molar-refractivity contribution in [2.45, 2.75) is 174 Å². The molecule has 0 bridgehead atoms. The van der Waals surface area contributed by atoms with Crippen LogP contribution < -0.4 is 5.32 Å². The van der Waals surface area contributed by atoms with Crippen molar-refractivity contribution in [3.8, 4) is 0 Å². The Hall–Kier alpha value is -0.760. The molecule has 0 aromatic rings. The third-order valence-corrected chi connectivity index (χ3v) is 9.24. The fourth-order valence-corrected chi connectivity index (χ4v) is 5.95. The van der Waals surface area contributed by atoms with E-state index >= 15 is 0 Å². The van der Waals surface area contributed by atoms with Crippen molar-refractivity contribution in [3.05, 3.63) is 12.2 Å². The molecule has 8 nitrogen and oxygen atoms in total. The van der Waals surface area contributed by atoms with Gasteiger partial charge in [0.2, 0.25) is 5.91 Å². The molecule has 0 aliphatic carbocycles. The summed E-state index contributed by atoms with van der Waals surface area (Å²) in [6, 6.07) is -0.836. The lowest BCUT2D eigenvalue weighted by atomic mass is 10.0. The third kappa shape index (κ3) is 31.6. The number of aliphatic hydroxyl groups is 1. The van der Waals surface area contributed by atoms with Gasteiger partial charge in [0.15, 0.2) is 0 Å². The minimum Gasteiger partial charge on any atom is -0.387 e. The first-order valence-electron chi connectivity index (χ1n) is 18.6. The van der Waals surface area contributed by atoms with E-state index in [0.717, 1.165) is 38.5 Å². The van der Waals surface area contributed by atoms with Crippen molar-refractivity contribution in [3.63, 3.8) is 0 Å². The van der Waals surface area contributed by atoms with E-state index in [9.17, 15) is 19.4 Å². The molecule has 0 fully saturated rings. The molecule has 0 aliphatic heterocycles. The standard InChI is InChI=1S/C36H73N2O6P/c1-6-8-10-12-14-16-18-19-20-21-23-25-27-29-35(39)34(33-44-45(41,42)43-32-31-38(3,4)5)37-36(40)30-28-26-24-22-17-15-13-11-9-7-2/h27,29,34-35,39H,6-26,28,30-33H2,1-5H3,(H-,37,40,41,42)/p+1/b29-27-/t34-,35+/m0/s1. The Kier molecular flexibility index (Phi) is 28.9. The molecule has 0 heterocycles. The number of rotatable bonds is 33. The summed E-state index contributed by atoms with van der Waals surface area (Å²) in [5.74, 6) is -0.181. The van der Waals surface area contributed by atoms with E-state index in [4.69, 9.17) is 9.05 Å². The monoisotopic (exact) mass is 662 g/mol. The molecule has 0 spiro atoms. The maximum Gasteiger partial charge on any atom is 0.472 e. The second-order valence-corrected chi connectivity index (χ2v) is 15.4. The lowest BCUT2D eigenvalue weighted by Crippen LogP contribution is -2.45. The van der Waals surface area contributed by atoms with Gasteiger partial charge in [0, 0.05) is 6.42 Å². The van der Waals surface area contributed by atoms with Gasteiger partial charge in [0.25, 0.3) is 0 Å². The molecule has 0 rings (SSSR count). The number of unbranched alkanes of at least 4 members (excludes halogenated alkanes) is 20. The summed E-state index contributed by atoms with van der Waals surface area (Å²) < 4.78 is 23.4. The Labute approximate surface area is 278 Å². The number of carbonyl (C=O) groups excluding carboxylic acids is 1. The van der Waals surface area contributed by atoms with Crippen LogP contribution in [0.5, 0.6) is 0 Å². The van der Waals surface area contributed by atoms with Crippen LogP contribution in [0.2, 0.25) is 0 Å². The van der Waals surface area contributed by atoms with Gasteiger partial charge < -0.3 is 19.8 Å². The molecule has 1 amide bonds. The fraction of sp³-hybridized carbons (Fsp3) is 0.917. The summed E-state index contributed by atoms with van der Waals surface area (Å²) in [5.41, 5.74) is 0. The first kappa shape index (κ1) is 44.2. The van der Waals surface area contributed by atoms with Crippen LogP contribution in [0.3, 0.4) is 0 Å². The number of aliphatic hydroxyl groups excluding tert-OH is 1. The van der Waals surface area contributed by atoms with Crippen molar-refractivity contribution in [1.82, 2.24) is 5.32 Å². The van der Waals surface area contributed by atoms with E-state index in [-0.39, 0.29) is 19.1 Å². The Morgan fingerprint density at radius 2 is 1.18 bits per heavy atom. The number of quaternary nitrogens is 1. The van der Waals surface area contributed by atoms with E-state index in [2.05, 4.69) is 19.2 Å². The summed E-state index contributed by atoms with van der Waals surface area (Å²) in [5, 5.41) is 13.7. The molecule has 45 heavy (non-hydrogen) atoms. The van der Waals surface area contributed by atoms with Crippen LogP contribution in [-0.4, -0.2) is 73.4 Å². The molecule has 0 aromatic heterocycles. The lowest BCUT2D eigenvalue weighted by molar-refractivity contribution is -0.870. The number of nitrogens with zero attached hydrogens (tertiary/aromatic N) is 1. The minimum atomic E-state index is -4.32. The van der Waals surface area contributed by atoms with E-state index in [1.54, 1.807) is 6.08 Å². The first-order valence-corrected chi connectivity index (χ1v) is 20.1. The van der Waals surface area contributed by atoms with Gasteiger partial charge in [-0.1, -0.05) is 148 Å². The highest BCUT2D eigenvalue weighted by Crippen LogP contribution is 2.43. The van der Waals surface area contributed by atoms with Crippen molar-refractivity contribution in [2.75, 3.05) is 40.9 Å².